The van der Waals surface area contributed by atoms with Crippen molar-refractivity contribution in [2.24, 2.45) is 0 Å². The van der Waals surface area contributed by atoms with E-state index in [0.29, 0.717) is 6.42 Å². The average molecular weight is 298 g/mol. The first kappa shape index (κ1) is 14.2. The highest BCUT2D eigenvalue weighted by Gasteiger charge is 2.06. The molecule has 1 N–H and O–H groups in total. The molecule has 17 heavy (non-hydrogen) atoms. The van der Waals surface area contributed by atoms with Gasteiger partial charge in [0.25, 0.3) is 0 Å². The monoisotopic (exact) mass is 297 g/mol. The summed E-state index contributed by atoms with van der Waals surface area (Å²) in [5.74, 6) is 0.122. The molecule has 0 saturated heterocycles. The molecule has 2 nitrogen and oxygen atoms in total. The predicted octanol–water partition coefficient (Wildman–Crippen LogP) is 4.20. The molecule has 3 heteroatoms. The van der Waals surface area contributed by atoms with E-state index in [1.807, 2.05) is 32.0 Å². The number of hydrogen-bond donors (Lipinski definition) is 1. The van der Waals surface area contributed by atoms with Gasteiger partial charge in [-0.15, -0.1) is 0 Å². The van der Waals surface area contributed by atoms with Gasteiger partial charge in [0.05, 0.1) is 0 Å². The summed E-state index contributed by atoms with van der Waals surface area (Å²) in [5.41, 5.74) is 3.22. The SMILES string of the molecule is Cc1cccc(C)c1NC(=O)CCCCCBr. The average Bonchev–Trinajstić information content (AvgIpc) is 2.30. The first-order valence-electron chi connectivity index (χ1n) is 6.07. The molecule has 94 valence electrons. The highest BCUT2D eigenvalue weighted by molar-refractivity contribution is 9.09. The Balaban J connectivity index is 2.45. The Morgan fingerprint density at radius 1 is 1.18 bits per heavy atom. The van der Waals surface area contributed by atoms with Crippen LogP contribution in [0.4, 0.5) is 5.69 Å². The van der Waals surface area contributed by atoms with Crippen LogP contribution in [0.3, 0.4) is 0 Å². The summed E-state index contributed by atoms with van der Waals surface area (Å²) in [4.78, 5) is 11.8. The molecule has 0 spiro atoms. The Bertz CT molecular complexity index is 356. The number of alkyl halides is 1. The number of rotatable bonds is 6. The standard InChI is InChI=1S/C14H20BrNO/c1-11-7-6-8-12(2)14(11)16-13(17)9-4-3-5-10-15/h6-8H,3-5,9-10H2,1-2H3,(H,16,17). The van der Waals surface area contributed by atoms with Crippen LogP contribution in [-0.2, 0) is 4.79 Å². The minimum atomic E-state index is 0.122. The molecule has 0 aliphatic heterocycles. The van der Waals surface area contributed by atoms with Crippen LogP contribution >= 0.6 is 15.9 Å². The molecule has 0 heterocycles. The maximum absolute atomic E-state index is 11.8. The summed E-state index contributed by atoms with van der Waals surface area (Å²) in [7, 11) is 0. The second-order valence-corrected chi connectivity index (χ2v) is 5.11. The lowest BCUT2D eigenvalue weighted by Gasteiger charge is -2.11. The first-order chi connectivity index (χ1) is 8.15. The lowest BCUT2D eigenvalue weighted by atomic mass is 10.1. The topological polar surface area (TPSA) is 29.1 Å². The van der Waals surface area contributed by atoms with Gasteiger partial charge in [-0.3, -0.25) is 4.79 Å². The van der Waals surface area contributed by atoms with Gasteiger partial charge in [0.1, 0.15) is 0 Å². The Labute approximate surface area is 112 Å². The first-order valence-corrected chi connectivity index (χ1v) is 7.19. The molecular formula is C14H20BrNO. The van der Waals surface area contributed by atoms with Gasteiger partial charge < -0.3 is 5.32 Å². The fourth-order valence-corrected chi connectivity index (χ4v) is 2.17. The van der Waals surface area contributed by atoms with Crippen LogP contribution in [0.25, 0.3) is 0 Å². The third kappa shape index (κ3) is 4.90. The fraction of sp³-hybridized carbons (Fsp3) is 0.500. The molecule has 0 atom stereocenters. The quantitative estimate of drug-likeness (QED) is 0.619. The smallest absolute Gasteiger partial charge is 0.224 e. The van der Waals surface area contributed by atoms with Crippen molar-refractivity contribution < 1.29 is 4.79 Å². The summed E-state index contributed by atoms with van der Waals surface area (Å²) < 4.78 is 0. The zero-order chi connectivity index (χ0) is 12.7. The number of unbranched alkanes of at least 4 members (excludes halogenated alkanes) is 2. The van der Waals surface area contributed by atoms with E-state index in [2.05, 4.69) is 21.2 Å². The van der Waals surface area contributed by atoms with Crippen LogP contribution in [0.2, 0.25) is 0 Å². The summed E-state index contributed by atoms with van der Waals surface area (Å²) >= 11 is 3.39. The molecule has 0 fully saturated rings. The summed E-state index contributed by atoms with van der Waals surface area (Å²) in [6, 6.07) is 6.05. The van der Waals surface area contributed by atoms with Crippen LogP contribution in [-0.4, -0.2) is 11.2 Å². The van der Waals surface area contributed by atoms with E-state index in [1.54, 1.807) is 0 Å². The van der Waals surface area contributed by atoms with Crippen LogP contribution in [0.5, 0.6) is 0 Å². The van der Waals surface area contributed by atoms with Crippen LogP contribution < -0.4 is 5.32 Å². The second-order valence-electron chi connectivity index (χ2n) is 4.31. The minimum Gasteiger partial charge on any atom is -0.326 e. The predicted molar refractivity (Wildman–Crippen MR) is 76.8 cm³/mol. The van der Waals surface area contributed by atoms with Gasteiger partial charge in [0, 0.05) is 17.4 Å². The minimum absolute atomic E-state index is 0.122. The van der Waals surface area contributed by atoms with Crippen molar-refractivity contribution in [2.45, 2.75) is 39.5 Å². The van der Waals surface area contributed by atoms with Crippen molar-refractivity contribution in [1.82, 2.24) is 0 Å². The molecule has 1 rings (SSSR count). The number of carbonyl (C=O) groups excluding carboxylic acids is 1. The largest absolute Gasteiger partial charge is 0.326 e. The third-order valence-electron chi connectivity index (χ3n) is 2.78. The summed E-state index contributed by atoms with van der Waals surface area (Å²) in [6.07, 6.45) is 3.81. The third-order valence-corrected chi connectivity index (χ3v) is 3.34. The Kier molecular flexibility index (Phi) is 6.27. The zero-order valence-electron chi connectivity index (χ0n) is 10.6. The van der Waals surface area contributed by atoms with E-state index in [0.717, 1.165) is 41.4 Å². The van der Waals surface area contributed by atoms with Gasteiger partial charge in [-0.25, -0.2) is 0 Å². The Hall–Kier alpha value is -0.830. The van der Waals surface area contributed by atoms with Gasteiger partial charge in [0.15, 0.2) is 0 Å². The number of anilines is 1. The lowest BCUT2D eigenvalue weighted by molar-refractivity contribution is -0.116. The Morgan fingerprint density at radius 3 is 2.41 bits per heavy atom. The number of benzene rings is 1. The van der Waals surface area contributed by atoms with Crippen LogP contribution in [0.15, 0.2) is 18.2 Å². The normalized spacial score (nSPS) is 10.3. The number of amides is 1. The van der Waals surface area contributed by atoms with Crippen LogP contribution in [0.1, 0.15) is 36.8 Å². The molecule has 1 amide bonds. The molecule has 0 radical (unpaired) electrons. The van der Waals surface area contributed by atoms with Crippen molar-refractivity contribution in [3.05, 3.63) is 29.3 Å². The maximum Gasteiger partial charge on any atom is 0.224 e. The van der Waals surface area contributed by atoms with E-state index >= 15 is 0 Å². The molecule has 0 unspecified atom stereocenters. The van der Waals surface area contributed by atoms with E-state index < -0.39 is 0 Å². The van der Waals surface area contributed by atoms with Gasteiger partial charge in [-0.05, 0) is 37.8 Å². The highest BCUT2D eigenvalue weighted by atomic mass is 79.9. The van der Waals surface area contributed by atoms with Crippen molar-refractivity contribution in [1.29, 1.82) is 0 Å². The fourth-order valence-electron chi connectivity index (χ4n) is 1.77. The van der Waals surface area contributed by atoms with Crippen molar-refractivity contribution in [3.8, 4) is 0 Å². The highest BCUT2D eigenvalue weighted by Crippen LogP contribution is 2.19. The van der Waals surface area contributed by atoms with Gasteiger partial charge in [0.2, 0.25) is 5.91 Å². The van der Waals surface area contributed by atoms with E-state index in [1.165, 1.54) is 0 Å². The van der Waals surface area contributed by atoms with E-state index in [-0.39, 0.29) is 5.91 Å². The number of carbonyl (C=O) groups is 1. The molecule has 0 aliphatic carbocycles. The lowest BCUT2D eigenvalue weighted by Crippen LogP contribution is -2.13. The zero-order valence-corrected chi connectivity index (χ0v) is 12.1. The van der Waals surface area contributed by atoms with Gasteiger partial charge in [-0.1, -0.05) is 40.5 Å². The number of para-hydroxylation sites is 1. The van der Waals surface area contributed by atoms with Crippen molar-refractivity contribution in [2.75, 3.05) is 10.6 Å². The molecular weight excluding hydrogens is 278 g/mol. The van der Waals surface area contributed by atoms with Crippen LogP contribution in [0, 0.1) is 13.8 Å². The Morgan fingerprint density at radius 2 is 1.82 bits per heavy atom. The maximum atomic E-state index is 11.8. The molecule has 0 saturated carbocycles. The summed E-state index contributed by atoms with van der Waals surface area (Å²) in [5, 5.41) is 4.02. The van der Waals surface area contributed by atoms with Crippen molar-refractivity contribution >= 4 is 27.5 Å². The molecule has 1 aromatic rings. The van der Waals surface area contributed by atoms with E-state index in [4.69, 9.17) is 0 Å². The number of hydrogen-bond acceptors (Lipinski definition) is 1. The molecule has 0 aliphatic rings. The van der Waals surface area contributed by atoms with Crippen molar-refractivity contribution in [3.63, 3.8) is 0 Å². The second kappa shape index (κ2) is 7.49. The van der Waals surface area contributed by atoms with Gasteiger partial charge in [-0.2, -0.15) is 0 Å². The molecule has 0 bridgehead atoms. The number of nitrogens with one attached hydrogen (secondary N) is 1. The van der Waals surface area contributed by atoms with E-state index in [9.17, 15) is 4.79 Å². The number of aryl methyl sites for hydroxylation is 2. The van der Waals surface area contributed by atoms with Gasteiger partial charge >= 0.3 is 0 Å². The summed E-state index contributed by atoms with van der Waals surface area (Å²) in [6.45, 7) is 4.04. The molecule has 0 aromatic heterocycles. The number of halogens is 1. The molecule has 1 aromatic carbocycles.